The van der Waals surface area contributed by atoms with Crippen molar-refractivity contribution in [3.8, 4) is 0 Å². The number of nitrogens with one attached hydrogen (secondary N) is 2. The maximum absolute atomic E-state index is 8.65. The van der Waals surface area contributed by atoms with Gasteiger partial charge in [0.2, 0.25) is 0 Å². The van der Waals surface area contributed by atoms with Gasteiger partial charge in [0.25, 0.3) is 0 Å². The first-order valence-electron chi connectivity index (χ1n) is 6.41. The van der Waals surface area contributed by atoms with Crippen molar-refractivity contribution >= 4 is 28.2 Å². The normalized spacial score (nSPS) is 10.8. The molecule has 0 unspecified atom stereocenters. The fraction of sp³-hybridized carbons (Fsp3) is 0.357. The Hall–Kier alpha value is -1.36. The number of aliphatic hydroxyl groups is 1. The molecule has 0 spiro atoms. The van der Waals surface area contributed by atoms with E-state index in [4.69, 9.17) is 16.7 Å². The molecule has 0 amide bonds. The number of aromatic nitrogens is 1. The number of pyridine rings is 1. The van der Waals surface area contributed by atoms with Crippen LogP contribution in [0.15, 0.2) is 30.5 Å². The number of anilines is 1. The van der Waals surface area contributed by atoms with Gasteiger partial charge in [-0.2, -0.15) is 0 Å². The Labute approximate surface area is 117 Å². The van der Waals surface area contributed by atoms with Gasteiger partial charge in [-0.3, -0.25) is 4.98 Å². The average Bonchev–Trinajstić information content (AvgIpc) is 2.42. The molecule has 2 aromatic rings. The lowest BCUT2D eigenvalue weighted by atomic mass is 10.2. The molecule has 1 heterocycles. The van der Waals surface area contributed by atoms with Crippen molar-refractivity contribution in [3.05, 3.63) is 35.5 Å². The zero-order chi connectivity index (χ0) is 13.5. The van der Waals surface area contributed by atoms with Crippen LogP contribution in [0.1, 0.15) is 6.42 Å². The Morgan fingerprint density at radius 3 is 2.89 bits per heavy atom. The molecule has 1 aromatic heterocycles. The van der Waals surface area contributed by atoms with E-state index in [9.17, 15) is 0 Å². The van der Waals surface area contributed by atoms with Crippen LogP contribution >= 0.6 is 11.6 Å². The topological polar surface area (TPSA) is 57.2 Å². The van der Waals surface area contributed by atoms with Crippen LogP contribution in [0.4, 0.5) is 5.69 Å². The molecule has 2 rings (SSSR count). The summed E-state index contributed by atoms with van der Waals surface area (Å²) in [5, 5.41) is 17.0. The molecule has 0 saturated heterocycles. The maximum atomic E-state index is 8.65. The summed E-state index contributed by atoms with van der Waals surface area (Å²) >= 11 is 5.96. The summed E-state index contributed by atoms with van der Waals surface area (Å²) in [5.41, 5.74) is 1.97. The van der Waals surface area contributed by atoms with Crippen molar-refractivity contribution in [2.45, 2.75) is 6.42 Å². The molecule has 0 aliphatic heterocycles. The Morgan fingerprint density at radius 1 is 1.16 bits per heavy atom. The van der Waals surface area contributed by atoms with Gasteiger partial charge in [-0.05, 0) is 37.2 Å². The van der Waals surface area contributed by atoms with Crippen molar-refractivity contribution in [1.29, 1.82) is 0 Å². The van der Waals surface area contributed by atoms with Gasteiger partial charge in [0.1, 0.15) is 0 Å². The van der Waals surface area contributed by atoms with Crippen LogP contribution < -0.4 is 10.6 Å². The smallest absolute Gasteiger partial charge is 0.0737 e. The minimum Gasteiger partial charge on any atom is -0.395 e. The first kappa shape index (κ1) is 14.1. The number of fused-ring (bicyclic) bond motifs is 1. The number of rotatable bonds is 7. The fourth-order valence-corrected chi connectivity index (χ4v) is 2.08. The molecule has 0 radical (unpaired) electrons. The third-order valence-electron chi connectivity index (χ3n) is 2.84. The summed E-state index contributed by atoms with van der Waals surface area (Å²) in [4.78, 5) is 4.31. The van der Waals surface area contributed by atoms with E-state index in [-0.39, 0.29) is 6.61 Å². The predicted octanol–water partition coefficient (Wildman–Crippen LogP) is 2.27. The van der Waals surface area contributed by atoms with E-state index in [1.54, 1.807) is 6.20 Å². The van der Waals surface area contributed by atoms with Crippen LogP contribution in [-0.2, 0) is 0 Å². The standard InChI is InChI=1S/C14H18ClN3O/c15-11-2-3-12-13(4-7-18-14(12)10-11)17-6-1-5-16-8-9-19/h2-4,7,10,16,19H,1,5-6,8-9H2,(H,17,18). The van der Waals surface area contributed by atoms with Crippen LogP contribution in [0.25, 0.3) is 10.9 Å². The van der Waals surface area contributed by atoms with Crippen LogP contribution in [0, 0.1) is 0 Å². The van der Waals surface area contributed by atoms with Crippen LogP contribution in [-0.4, -0.2) is 36.3 Å². The molecule has 5 heteroatoms. The van der Waals surface area contributed by atoms with Crippen LogP contribution in [0.3, 0.4) is 0 Å². The lowest BCUT2D eigenvalue weighted by molar-refractivity contribution is 0.292. The highest BCUT2D eigenvalue weighted by Crippen LogP contribution is 2.24. The third kappa shape index (κ3) is 4.06. The largest absolute Gasteiger partial charge is 0.395 e. The SMILES string of the molecule is OCCNCCCNc1ccnc2cc(Cl)ccc12. The van der Waals surface area contributed by atoms with E-state index in [1.165, 1.54) is 0 Å². The van der Waals surface area contributed by atoms with Gasteiger partial charge in [0.15, 0.2) is 0 Å². The summed E-state index contributed by atoms with van der Waals surface area (Å²) in [6.45, 7) is 2.60. The molecular weight excluding hydrogens is 262 g/mol. The maximum Gasteiger partial charge on any atom is 0.0737 e. The number of nitrogens with zero attached hydrogens (tertiary/aromatic N) is 1. The van der Waals surface area contributed by atoms with Gasteiger partial charge >= 0.3 is 0 Å². The van der Waals surface area contributed by atoms with Crippen molar-refractivity contribution in [2.24, 2.45) is 0 Å². The van der Waals surface area contributed by atoms with Crippen molar-refractivity contribution in [3.63, 3.8) is 0 Å². The average molecular weight is 280 g/mol. The minimum absolute atomic E-state index is 0.184. The molecule has 0 fully saturated rings. The zero-order valence-corrected chi connectivity index (χ0v) is 11.5. The molecule has 102 valence electrons. The Morgan fingerprint density at radius 2 is 2.05 bits per heavy atom. The van der Waals surface area contributed by atoms with E-state index in [0.29, 0.717) is 11.6 Å². The minimum atomic E-state index is 0.184. The molecule has 19 heavy (non-hydrogen) atoms. The van der Waals surface area contributed by atoms with Crippen LogP contribution in [0.5, 0.6) is 0 Å². The van der Waals surface area contributed by atoms with E-state index in [2.05, 4.69) is 15.6 Å². The zero-order valence-electron chi connectivity index (χ0n) is 10.7. The number of hydrogen-bond acceptors (Lipinski definition) is 4. The summed E-state index contributed by atoms with van der Waals surface area (Å²) in [6, 6.07) is 7.69. The number of benzene rings is 1. The first-order chi connectivity index (χ1) is 9.31. The van der Waals surface area contributed by atoms with Gasteiger partial charge in [-0.1, -0.05) is 11.6 Å². The molecule has 4 nitrogen and oxygen atoms in total. The van der Waals surface area contributed by atoms with Crippen molar-refractivity contribution < 1.29 is 5.11 Å². The molecule has 0 bridgehead atoms. The van der Waals surface area contributed by atoms with Crippen LogP contribution in [0.2, 0.25) is 5.02 Å². The molecule has 0 atom stereocenters. The van der Waals surface area contributed by atoms with Crippen molar-refractivity contribution in [1.82, 2.24) is 10.3 Å². The Bertz CT molecular complexity index is 533. The highest BCUT2D eigenvalue weighted by Gasteiger charge is 2.01. The van der Waals surface area contributed by atoms with E-state index >= 15 is 0 Å². The number of aliphatic hydroxyl groups excluding tert-OH is 1. The molecule has 1 aromatic carbocycles. The van der Waals surface area contributed by atoms with Gasteiger partial charge in [0, 0.05) is 35.4 Å². The van der Waals surface area contributed by atoms with E-state index < -0.39 is 0 Å². The lowest BCUT2D eigenvalue weighted by Gasteiger charge is -2.09. The third-order valence-corrected chi connectivity index (χ3v) is 3.07. The second kappa shape index (κ2) is 7.28. The predicted molar refractivity (Wildman–Crippen MR) is 79.8 cm³/mol. The van der Waals surface area contributed by atoms with Gasteiger partial charge in [-0.15, -0.1) is 0 Å². The van der Waals surface area contributed by atoms with Crippen molar-refractivity contribution in [2.75, 3.05) is 31.6 Å². The van der Waals surface area contributed by atoms with Gasteiger partial charge < -0.3 is 15.7 Å². The summed E-state index contributed by atoms with van der Waals surface area (Å²) in [7, 11) is 0. The summed E-state index contributed by atoms with van der Waals surface area (Å²) in [6.07, 6.45) is 2.78. The Kier molecular flexibility index (Phi) is 5.39. The highest BCUT2D eigenvalue weighted by atomic mass is 35.5. The second-order valence-corrected chi connectivity index (χ2v) is 4.71. The molecule has 0 aliphatic carbocycles. The molecule has 0 aliphatic rings. The molecule has 0 saturated carbocycles. The summed E-state index contributed by atoms with van der Waals surface area (Å²) < 4.78 is 0. The van der Waals surface area contributed by atoms with Gasteiger partial charge in [-0.25, -0.2) is 0 Å². The quantitative estimate of drug-likeness (QED) is 0.681. The Balaban J connectivity index is 1.93. The lowest BCUT2D eigenvalue weighted by Crippen LogP contribution is -2.21. The van der Waals surface area contributed by atoms with Gasteiger partial charge in [0.05, 0.1) is 12.1 Å². The van der Waals surface area contributed by atoms with E-state index in [1.807, 2.05) is 24.3 Å². The molecule has 3 N–H and O–H groups in total. The number of halogens is 1. The fourth-order valence-electron chi connectivity index (χ4n) is 1.92. The second-order valence-electron chi connectivity index (χ2n) is 4.27. The highest BCUT2D eigenvalue weighted by molar-refractivity contribution is 6.31. The number of hydrogen-bond donors (Lipinski definition) is 3. The van der Waals surface area contributed by atoms with E-state index in [0.717, 1.165) is 36.1 Å². The first-order valence-corrected chi connectivity index (χ1v) is 6.79. The molecular formula is C14H18ClN3O. The summed E-state index contributed by atoms with van der Waals surface area (Å²) in [5.74, 6) is 0. The monoisotopic (exact) mass is 279 g/mol.